The van der Waals surface area contributed by atoms with Gasteiger partial charge in [-0.25, -0.2) is 9.97 Å². The fourth-order valence-corrected chi connectivity index (χ4v) is 2.71. The van der Waals surface area contributed by atoms with Crippen molar-refractivity contribution >= 4 is 28.5 Å². The number of H-pyrrole nitrogens is 1. The van der Waals surface area contributed by atoms with E-state index in [9.17, 15) is 10.1 Å². The highest BCUT2D eigenvalue weighted by molar-refractivity contribution is 6.33. The highest BCUT2D eigenvalue weighted by atomic mass is 35.5. The predicted octanol–water partition coefficient (Wildman–Crippen LogP) is 4.98. The molecule has 0 saturated heterocycles. The van der Waals surface area contributed by atoms with Crippen LogP contribution in [0.4, 0.5) is 5.69 Å². The predicted molar refractivity (Wildman–Crippen MR) is 97.5 cm³/mol. The fourth-order valence-electron chi connectivity index (χ4n) is 2.49. The zero-order valence-electron chi connectivity index (χ0n) is 13.2. The molecule has 1 N–H and O–H groups in total. The van der Waals surface area contributed by atoms with Crippen molar-refractivity contribution in [2.24, 2.45) is 0 Å². The molecule has 0 radical (unpaired) electrons. The van der Waals surface area contributed by atoms with Crippen LogP contribution in [0.15, 0.2) is 60.8 Å². The summed E-state index contributed by atoms with van der Waals surface area (Å²) in [5, 5.41) is 11.3. The Morgan fingerprint density at radius 2 is 1.85 bits per heavy atom. The average molecular weight is 367 g/mol. The van der Waals surface area contributed by atoms with Crippen molar-refractivity contribution in [1.82, 2.24) is 15.0 Å². The largest absolute Gasteiger partial charge is 0.456 e. The summed E-state index contributed by atoms with van der Waals surface area (Å²) < 4.78 is 5.70. The van der Waals surface area contributed by atoms with E-state index in [0.717, 1.165) is 5.56 Å². The van der Waals surface area contributed by atoms with E-state index in [1.54, 1.807) is 18.3 Å². The van der Waals surface area contributed by atoms with E-state index in [4.69, 9.17) is 16.3 Å². The number of nitro benzene ring substituents is 1. The van der Waals surface area contributed by atoms with E-state index in [0.29, 0.717) is 33.5 Å². The number of nitrogens with one attached hydrogen (secondary N) is 1. The molecule has 128 valence electrons. The Kier molecular flexibility index (Phi) is 3.98. The zero-order valence-corrected chi connectivity index (χ0v) is 14.0. The molecule has 2 heterocycles. The molecule has 2 aromatic heterocycles. The number of nitrogens with zero attached hydrogens (tertiary/aromatic N) is 3. The standard InChI is InChI=1S/C18H11ClN4O3/c19-15-4-2-1-3-14(15)17-21-16-9-13(10-20-18(16)22-17)26-12-7-5-11(6-8-12)23(24)25/h1-10H,(H,20,21,22). The molecule has 8 heteroatoms. The number of aromatic nitrogens is 3. The summed E-state index contributed by atoms with van der Waals surface area (Å²) in [4.78, 5) is 22.1. The highest BCUT2D eigenvalue weighted by Crippen LogP contribution is 2.29. The van der Waals surface area contributed by atoms with Crippen LogP contribution in [0.2, 0.25) is 5.02 Å². The van der Waals surface area contributed by atoms with Crippen LogP contribution in [0.1, 0.15) is 0 Å². The van der Waals surface area contributed by atoms with Crippen molar-refractivity contribution in [2.45, 2.75) is 0 Å². The summed E-state index contributed by atoms with van der Waals surface area (Å²) in [5.41, 5.74) is 2.02. The van der Waals surface area contributed by atoms with Gasteiger partial charge in [-0.3, -0.25) is 10.1 Å². The molecule has 26 heavy (non-hydrogen) atoms. The molecule has 2 aromatic carbocycles. The molecule has 0 aliphatic heterocycles. The van der Waals surface area contributed by atoms with Crippen molar-refractivity contribution in [3.8, 4) is 22.9 Å². The second-order valence-electron chi connectivity index (χ2n) is 5.46. The van der Waals surface area contributed by atoms with Crippen molar-refractivity contribution in [3.63, 3.8) is 0 Å². The van der Waals surface area contributed by atoms with E-state index in [-0.39, 0.29) is 5.69 Å². The third-order valence-corrected chi connectivity index (χ3v) is 4.05. The van der Waals surface area contributed by atoms with Crippen LogP contribution in [-0.4, -0.2) is 19.9 Å². The number of rotatable bonds is 4. The highest BCUT2D eigenvalue weighted by Gasteiger charge is 2.11. The van der Waals surface area contributed by atoms with Crippen LogP contribution in [0.5, 0.6) is 11.5 Å². The number of hydrogen-bond acceptors (Lipinski definition) is 5. The number of hydrogen-bond donors (Lipinski definition) is 1. The van der Waals surface area contributed by atoms with E-state index in [1.165, 1.54) is 24.3 Å². The lowest BCUT2D eigenvalue weighted by molar-refractivity contribution is -0.384. The van der Waals surface area contributed by atoms with E-state index in [2.05, 4.69) is 15.0 Å². The Balaban J connectivity index is 1.63. The lowest BCUT2D eigenvalue weighted by atomic mass is 10.2. The van der Waals surface area contributed by atoms with Gasteiger partial charge in [-0.2, -0.15) is 0 Å². The Morgan fingerprint density at radius 3 is 2.58 bits per heavy atom. The van der Waals surface area contributed by atoms with Crippen molar-refractivity contribution in [1.29, 1.82) is 0 Å². The molecule has 4 aromatic rings. The first-order valence-electron chi connectivity index (χ1n) is 7.63. The maximum atomic E-state index is 10.7. The molecule has 0 bridgehead atoms. The van der Waals surface area contributed by atoms with E-state index >= 15 is 0 Å². The van der Waals surface area contributed by atoms with Crippen LogP contribution < -0.4 is 4.74 Å². The summed E-state index contributed by atoms with van der Waals surface area (Å²) in [5.74, 6) is 1.58. The van der Waals surface area contributed by atoms with Crippen LogP contribution >= 0.6 is 11.6 Å². The summed E-state index contributed by atoms with van der Waals surface area (Å²) in [6.07, 6.45) is 1.54. The van der Waals surface area contributed by atoms with Crippen LogP contribution in [0.25, 0.3) is 22.6 Å². The molecule has 0 aliphatic carbocycles. The SMILES string of the molecule is O=[N+]([O-])c1ccc(Oc2cnc3nc(-c4ccccc4Cl)[nH]c3c2)cc1. The normalized spacial score (nSPS) is 10.8. The lowest BCUT2D eigenvalue weighted by Gasteiger charge is -2.04. The Morgan fingerprint density at radius 1 is 1.08 bits per heavy atom. The van der Waals surface area contributed by atoms with Crippen LogP contribution in [-0.2, 0) is 0 Å². The third kappa shape index (κ3) is 3.07. The minimum atomic E-state index is -0.460. The first-order valence-corrected chi connectivity index (χ1v) is 8.01. The van der Waals surface area contributed by atoms with Crippen LogP contribution in [0.3, 0.4) is 0 Å². The van der Waals surface area contributed by atoms with Gasteiger partial charge in [0, 0.05) is 23.8 Å². The summed E-state index contributed by atoms with van der Waals surface area (Å²) in [7, 11) is 0. The molecule has 0 aliphatic rings. The monoisotopic (exact) mass is 366 g/mol. The molecule has 7 nitrogen and oxygen atoms in total. The first-order chi connectivity index (χ1) is 12.6. The molecule has 0 fully saturated rings. The second-order valence-corrected chi connectivity index (χ2v) is 5.87. The number of benzene rings is 2. The number of fused-ring (bicyclic) bond motifs is 1. The number of halogens is 1. The maximum absolute atomic E-state index is 10.7. The first kappa shape index (κ1) is 16.0. The number of pyridine rings is 1. The average Bonchev–Trinajstić information content (AvgIpc) is 3.05. The molecule has 0 unspecified atom stereocenters. The zero-order chi connectivity index (χ0) is 18.1. The quantitative estimate of drug-likeness (QED) is 0.406. The van der Waals surface area contributed by atoms with Gasteiger partial charge in [-0.1, -0.05) is 23.7 Å². The topological polar surface area (TPSA) is 93.9 Å². The van der Waals surface area contributed by atoms with Crippen molar-refractivity contribution in [3.05, 3.63) is 75.9 Å². The third-order valence-electron chi connectivity index (χ3n) is 3.72. The molecular weight excluding hydrogens is 356 g/mol. The summed E-state index contributed by atoms with van der Waals surface area (Å²) >= 11 is 6.21. The Bertz CT molecular complexity index is 1110. The Labute approximate surface area is 152 Å². The minimum absolute atomic E-state index is 0.00359. The number of imidazole rings is 1. The van der Waals surface area contributed by atoms with Gasteiger partial charge >= 0.3 is 0 Å². The van der Waals surface area contributed by atoms with E-state index in [1.807, 2.05) is 18.2 Å². The molecule has 0 spiro atoms. The molecule has 0 amide bonds. The van der Waals surface area contributed by atoms with Crippen molar-refractivity contribution in [2.75, 3.05) is 0 Å². The minimum Gasteiger partial charge on any atom is -0.456 e. The second kappa shape index (κ2) is 6.45. The number of nitro groups is 1. The van der Waals surface area contributed by atoms with Gasteiger partial charge in [0.15, 0.2) is 5.65 Å². The molecule has 4 rings (SSSR count). The molecule has 0 saturated carbocycles. The fraction of sp³-hybridized carbons (Fsp3) is 0. The van der Waals surface area contributed by atoms with Gasteiger partial charge in [-0.05, 0) is 24.3 Å². The van der Waals surface area contributed by atoms with Gasteiger partial charge < -0.3 is 9.72 Å². The van der Waals surface area contributed by atoms with Gasteiger partial charge in [0.05, 0.1) is 21.7 Å². The summed E-state index contributed by atoms with van der Waals surface area (Å²) in [6, 6.07) is 15.0. The Hall–Kier alpha value is -3.45. The van der Waals surface area contributed by atoms with E-state index < -0.39 is 4.92 Å². The molecule has 0 atom stereocenters. The van der Waals surface area contributed by atoms with Gasteiger partial charge in [0.25, 0.3) is 5.69 Å². The van der Waals surface area contributed by atoms with Gasteiger partial charge in [-0.15, -0.1) is 0 Å². The maximum Gasteiger partial charge on any atom is 0.269 e. The van der Waals surface area contributed by atoms with Crippen LogP contribution in [0, 0.1) is 10.1 Å². The van der Waals surface area contributed by atoms with Gasteiger partial charge in [0.1, 0.15) is 17.3 Å². The number of non-ortho nitro benzene ring substituents is 1. The lowest BCUT2D eigenvalue weighted by Crippen LogP contribution is -1.89. The number of ether oxygens (including phenoxy) is 1. The smallest absolute Gasteiger partial charge is 0.269 e. The van der Waals surface area contributed by atoms with Gasteiger partial charge in [0.2, 0.25) is 0 Å². The van der Waals surface area contributed by atoms with Crippen molar-refractivity contribution < 1.29 is 9.66 Å². The summed E-state index contributed by atoms with van der Waals surface area (Å²) in [6.45, 7) is 0. The molecular formula is C18H11ClN4O3. The number of aromatic amines is 1.